The highest BCUT2D eigenvalue weighted by molar-refractivity contribution is 9.10. The number of hydrogen-bond donors (Lipinski definition) is 1. The van der Waals surface area contributed by atoms with E-state index in [0.29, 0.717) is 27.1 Å². The van der Waals surface area contributed by atoms with Crippen LogP contribution in [0.2, 0.25) is 0 Å². The highest BCUT2D eigenvalue weighted by Crippen LogP contribution is 2.32. The van der Waals surface area contributed by atoms with E-state index in [1.54, 1.807) is 12.1 Å². The van der Waals surface area contributed by atoms with Crippen LogP contribution >= 0.6 is 15.9 Å². The Morgan fingerprint density at radius 3 is 2.59 bits per heavy atom. The summed E-state index contributed by atoms with van der Waals surface area (Å²) in [5.74, 6) is 0.104. The molecule has 1 aromatic rings. The lowest BCUT2D eigenvalue weighted by Gasteiger charge is -2.13. The molecule has 92 valence electrons. The molecule has 17 heavy (non-hydrogen) atoms. The monoisotopic (exact) mass is 300 g/mol. The number of benzene rings is 1. The van der Waals surface area contributed by atoms with Crippen molar-refractivity contribution in [3.63, 3.8) is 0 Å². The van der Waals surface area contributed by atoms with Crippen molar-refractivity contribution in [2.24, 2.45) is 0 Å². The molecule has 4 nitrogen and oxygen atoms in total. The van der Waals surface area contributed by atoms with Crippen molar-refractivity contribution in [2.45, 2.75) is 6.42 Å². The standard InChI is InChI=1S/C12H13BrO4/c1-7(16-2)9-6-10(13)8(5-12(14)15)4-11(9)17-3/h4,6H,1,5H2,2-3H3,(H,14,15). The van der Waals surface area contributed by atoms with Gasteiger partial charge in [-0.3, -0.25) is 4.79 Å². The zero-order valence-corrected chi connectivity index (χ0v) is 11.2. The fraction of sp³-hybridized carbons (Fsp3) is 0.250. The molecule has 0 radical (unpaired) electrons. The predicted octanol–water partition coefficient (Wildman–Crippen LogP) is 2.70. The Hall–Kier alpha value is -1.49. The third-order valence-electron chi connectivity index (χ3n) is 2.26. The molecule has 0 aliphatic carbocycles. The molecule has 0 saturated heterocycles. The molecule has 0 atom stereocenters. The van der Waals surface area contributed by atoms with Gasteiger partial charge in [0.2, 0.25) is 0 Å². The highest BCUT2D eigenvalue weighted by atomic mass is 79.9. The van der Waals surface area contributed by atoms with E-state index in [1.165, 1.54) is 14.2 Å². The van der Waals surface area contributed by atoms with Crippen LogP contribution in [0.3, 0.4) is 0 Å². The molecule has 0 aliphatic heterocycles. The fourth-order valence-corrected chi connectivity index (χ4v) is 1.87. The molecular formula is C12H13BrO4. The maximum Gasteiger partial charge on any atom is 0.307 e. The van der Waals surface area contributed by atoms with Crippen molar-refractivity contribution < 1.29 is 19.4 Å². The summed E-state index contributed by atoms with van der Waals surface area (Å²) in [6.45, 7) is 3.74. The summed E-state index contributed by atoms with van der Waals surface area (Å²) in [5.41, 5.74) is 1.33. The Morgan fingerprint density at radius 1 is 1.47 bits per heavy atom. The number of carboxylic acid groups (broad SMARTS) is 1. The Bertz CT molecular complexity index is 454. The van der Waals surface area contributed by atoms with Crippen molar-refractivity contribution in [1.29, 1.82) is 0 Å². The lowest BCUT2D eigenvalue weighted by Crippen LogP contribution is -2.03. The number of aliphatic carboxylic acids is 1. The van der Waals surface area contributed by atoms with Gasteiger partial charge in [0.05, 0.1) is 26.2 Å². The van der Waals surface area contributed by atoms with E-state index in [4.69, 9.17) is 14.6 Å². The molecule has 0 amide bonds. The number of hydrogen-bond acceptors (Lipinski definition) is 3. The van der Waals surface area contributed by atoms with E-state index in [0.717, 1.165) is 0 Å². The largest absolute Gasteiger partial charge is 0.497 e. The van der Waals surface area contributed by atoms with Gasteiger partial charge < -0.3 is 14.6 Å². The molecule has 1 N–H and O–H groups in total. The second-order valence-electron chi connectivity index (χ2n) is 3.34. The molecule has 0 bridgehead atoms. The van der Waals surface area contributed by atoms with Crippen LogP contribution in [-0.4, -0.2) is 25.3 Å². The van der Waals surface area contributed by atoms with Crippen LogP contribution in [0.25, 0.3) is 5.76 Å². The van der Waals surface area contributed by atoms with Crippen molar-refractivity contribution >= 4 is 27.7 Å². The molecule has 1 aromatic carbocycles. The maximum absolute atomic E-state index is 10.7. The van der Waals surface area contributed by atoms with Crippen LogP contribution in [0, 0.1) is 0 Å². The Morgan fingerprint density at radius 2 is 2.12 bits per heavy atom. The van der Waals surface area contributed by atoms with Crippen LogP contribution in [-0.2, 0) is 16.0 Å². The lowest BCUT2D eigenvalue weighted by atomic mass is 10.1. The zero-order valence-electron chi connectivity index (χ0n) is 9.62. The number of ether oxygens (including phenoxy) is 2. The van der Waals surface area contributed by atoms with Gasteiger partial charge in [0.1, 0.15) is 11.5 Å². The summed E-state index contributed by atoms with van der Waals surface area (Å²) in [6.07, 6.45) is -0.0727. The van der Waals surface area contributed by atoms with E-state index in [9.17, 15) is 4.79 Å². The average molecular weight is 301 g/mol. The highest BCUT2D eigenvalue weighted by Gasteiger charge is 2.13. The summed E-state index contributed by atoms with van der Waals surface area (Å²) in [6, 6.07) is 3.40. The first-order valence-corrected chi connectivity index (χ1v) is 5.60. The van der Waals surface area contributed by atoms with Gasteiger partial charge in [-0.25, -0.2) is 0 Å². The van der Waals surface area contributed by atoms with Gasteiger partial charge in [-0.2, -0.15) is 0 Å². The quantitative estimate of drug-likeness (QED) is 0.850. The minimum absolute atomic E-state index is 0.0727. The fourth-order valence-electron chi connectivity index (χ4n) is 1.39. The predicted molar refractivity (Wildman–Crippen MR) is 68.1 cm³/mol. The summed E-state index contributed by atoms with van der Waals surface area (Å²) in [4.78, 5) is 10.7. The summed E-state index contributed by atoms with van der Waals surface area (Å²) in [7, 11) is 3.03. The van der Waals surface area contributed by atoms with Crippen LogP contribution in [0.4, 0.5) is 0 Å². The molecule has 0 aliphatic rings. The van der Waals surface area contributed by atoms with Crippen LogP contribution in [0.5, 0.6) is 5.75 Å². The van der Waals surface area contributed by atoms with Gasteiger partial charge in [0.15, 0.2) is 0 Å². The van der Waals surface area contributed by atoms with Gasteiger partial charge in [0.25, 0.3) is 0 Å². The number of rotatable bonds is 5. The normalized spacial score (nSPS) is 9.82. The topological polar surface area (TPSA) is 55.8 Å². The minimum atomic E-state index is -0.897. The average Bonchev–Trinajstić information content (AvgIpc) is 2.29. The van der Waals surface area contributed by atoms with Crippen molar-refractivity contribution in [2.75, 3.05) is 14.2 Å². The van der Waals surface area contributed by atoms with Gasteiger partial charge in [-0.05, 0) is 17.7 Å². The molecule has 0 heterocycles. The SMILES string of the molecule is C=C(OC)c1cc(Br)c(CC(=O)O)cc1OC. The van der Waals surface area contributed by atoms with E-state index >= 15 is 0 Å². The second-order valence-corrected chi connectivity index (χ2v) is 4.20. The third kappa shape index (κ3) is 3.23. The summed E-state index contributed by atoms with van der Waals surface area (Å²) < 4.78 is 10.9. The minimum Gasteiger partial charge on any atom is -0.497 e. The van der Waals surface area contributed by atoms with Crippen LogP contribution in [0.1, 0.15) is 11.1 Å². The lowest BCUT2D eigenvalue weighted by molar-refractivity contribution is -0.136. The Labute approximate surface area is 108 Å². The van der Waals surface area contributed by atoms with E-state index < -0.39 is 5.97 Å². The van der Waals surface area contributed by atoms with Crippen LogP contribution in [0.15, 0.2) is 23.2 Å². The molecule has 1 rings (SSSR count). The van der Waals surface area contributed by atoms with Crippen LogP contribution < -0.4 is 4.74 Å². The van der Waals surface area contributed by atoms with Crippen molar-refractivity contribution in [3.05, 3.63) is 34.3 Å². The molecular weight excluding hydrogens is 288 g/mol. The van der Waals surface area contributed by atoms with Gasteiger partial charge in [-0.1, -0.05) is 22.5 Å². The molecule has 5 heteroatoms. The van der Waals surface area contributed by atoms with E-state index in [1.807, 2.05) is 0 Å². The molecule has 0 aromatic heterocycles. The van der Waals surface area contributed by atoms with Gasteiger partial charge in [0, 0.05) is 4.47 Å². The first-order chi connectivity index (χ1) is 7.99. The Balaban J connectivity index is 3.24. The van der Waals surface area contributed by atoms with E-state index in [2.05, 4.69) is 22.5 Å². The second kappa shape index (κ2) is 5.72. The first kappa shape index (κ1) is 13.6. The maximum atomic E-state index is 10.7. The van der Waals surface area contributed by atoms with Crippen molar-refractivity contribution in [3.8, 4) is 5.75 Å². The van der Waals surface area contributed by atoms with Crippen molar-refractivity contribution in [1.82, 2.24) is 0 Å². The molecule has 0 spiro atoms. The number of carboxylic acids is 1. The van der Waals surface area contributed by atoms with Gasteiger partial charge in [-0.15, -0.1) is 0 Å². The zero-order chi connectivity index (χ0) is 13.0. The van der Waals surface area contributed by atoms with E-state index in [-0.39, 0.29) is 6.42 Å². The summed E-state index contributed by atoms with van der Waals surface area (Å²) >= 11 is 3.32. The first-order valence-electron chi connectivity index (χ1n) is 4.81. The molecule has 0 unspecified atom stereocenters. The Kier molecular flexibility index (Phi) is 4.57. The number of carbonyl (C=O) groups is 1. The molecule has 0 saturated carbocycles. The number of halogens is 1. The summed E-state index contributed by atoms with van der Waals surface area (Å²) in [5, 5.41) is 8.78. The molecule has 0 fully saturated rings. The van der Waals surface area contributed by atoms with Gasteiger partial charge >= 0.3 is 5.97 Å². The third-order valence-corrected chi connectivity index (χ3v) is 3.00. The smallest absolute Gasteiger partial charge is 0.307 e. The number of methoxy groups -OCH3 is 2.